The number of nitrogens with zero attached hydrogens (tertiary/aromatic N) is 2. The van der Waals surface area contributed by atoms with Gasteiger partial charge in [0, 0.05) is 19.8 Å². The zero-order valence-corrected chi connectivity index (χ0v) is 11.1. The summed E-state index contributed by atoms with van der Waals surface area (Å²) in [6.07, 6.45) is 4.62. The van der Waals surface area contributed by atoms with Gasteiger partial charge in [0.2, 0.25) is 5.91 Å². The summed E-state index contributed by atoms with van der Waals surface area (Å²) in [5, 5.41) is 3.35. The Balaban J connectivity index is 2.19. The monoisotopic (exact) mass is 247 g/mol. The Morgan fingerprint density at radius 2 is 2.39 bits per heavy atom. The number of hydrogen-bond acceptors (Lipinski definition) is 3. The van der Waals surface area contributed by atoms with Crippen LogP contribution in [0.5, 0.6) is 0 Å². The van der Waals surface area contributed by atoms with Gasteiger partial charge < -0.3 is 5.32 Å². The second kappa shape index (κ2) is 5.48. The van der Waals surface area contributed by atoms with Crippen molar-refractivity contribution in [3.63, 3.8) is 0 Å². The van der Waals surface area contributed by atoms with E-state index in [1.807, 2.05) is 25.2 Å². The number of aromatic nitrogens is 1. The van der Waals surface area contributed by atoms with E-state index in [1.165, 1.54) is 0 Å². The third-order valence-corrected chi connectivity index (χ3v) is 3.90. The Morgan fingerprint density at radius 3 is 2.94 bits per heavy atom. The number of pyridine rings is 1. The number of hydrogen-bond donors (Lipinski definition) is 1. The van der Waals surface area contributed by atoms with Crippen LogP contribution in [0.3, 0.4) is 0 Å². The molecule has 1 unspecified atom stereocenters. The van der Waals surface area contributed by atoms with Gasteiger partial charge in [0.15, 0.2) is 0 Å². The van der Waals surface area contributed by atoms with Crippen LogP contribution in [-0.4, -0.2) is 31.0 Å². The largest absolute Gasteiger partial charge is 0.316 e. The van der Waals surface area contributed by atoms with Crippen molar-refractivity contribution < 1.29 is 4.79 Å². The highest BCUT2D eigenvalue weighted by Gasteiger charge is 2.40. The minimum absolute atomic E-state index is 0.177. The van der Waals surface area contributed by atoms with E-state index in [1.54, 1.807) is 11.1 Å². The highest BCUT2D eigenvalue weighted by atomic mass is 16.2. The van der Waals surface area contributed by atoms with Crippen molar-refractivity contribution in [1.29, 1.82) is 0 Å². The second-order valence-corrected chi connectivity index (χ2v) is 4.97. The molecule has 1 amide bonds. The minimum atomic E-state index is -0.259. The fraction of sp³-hybridized carbons (Fsp3) is 0.571. The average Bonchev–Trinajstić information content (AvgIpc) is 2.47. The van der Waals surface area contributed by atoms with E-state index >= 15 is 0 Å². The van der Waals surface area contributed by atoms with Crippen LogP contribution in [-0.2, 0) is 4.79 Å². The molecule has 0 aromatic carbocycles. The molecular formula is C14H21N3O. The topological polar surface area (TPSA) is 45.2 Å². The fourth-order valence-corrected chi connectivity index (χ4v) is 2.62. The Labute approximate surface area is 108 Å². The molecule has 1 saturated heterocycles. The van der Waals surface area contributed by atoms with Crippen molar-refractivity contribution in [2.75, 3.05) is 25.0 Å². The molecule has 1 fully saturated rings. The van der Waals surface area contributed by atoms with Gasteiger partial charge >= 0.3 is 0 Å². The molecule has 1 aliphatic rings. The molecule has 98 valence electrons. The van der Waals surface area contributed by atoms with Crippen LogP contribution in [0.15, 0.2) is 24.4 Å². The van der Waals surface area contributed by atoms with Gasteiger partial charge in [0.05, 0.1) is 5.41 Å². The molecule has 0 aliphatic carbocycles. The summed E-state index contributed by atoms with van der Waals surface area (Å²) in [6.45, 7) is 3.89. The quantitative estimate of drug-likeness (QED) is 0.886. The van der Waals surface area contributed by atoms with Crippen molar-refractivity contribution in [3.8, 4) is 0 Å². The molecular weight excluding hydrogens is 226 g/mol. The molecule has 0 radical (unpaired) electrons. The molecule has 1 atom stereocenters. The van der Waals surface area contributed by atoms with Crippen LogP contribution in [0.25, 0.3) is 0 Å². The third kappa shape index (κ3) is 2.38. The van der Waals surface area contributed by atoms with Crippen molar-refractivity contribution in [3.05, 3.63) is 24.4 Å². The summed E-state index contributed by atoms with van der Waals surface area (Å²) < 4.78 is 0. The van der Waals surface area contributed by atoms with E-state index in [0.717, 1.165) is 38.2 Å². The number of carbonyl (C=O) groups excluding carboxylic acids is 1. The smallest absolute Gasteiger partial charge is 0.235 e. The molecule has 1 aliphatic heterocycles. The summed E-state index contributed by atoms with van der Waals surface area (Å²) in [5.41, 5.74) is -0.259. The van der Waals surface area contributed by atoms with Crippen LogP contribution in [0, 0.1) is 5.41 Å². The Morgan fingerprint density at radius 1 is 1.56 bits per heavy atom. The molecule has 1 N–H and O–H groups in total. The minimum Gasteiger partial charge on any atom is -0.316 e. The third-order valence-electron chi connectivity index (χ3n) is 3.90. The summed E-state index contributed by atoms with van der Waals surface area (Å²) in [4.78, 5) is 18.6. The molecule has 0 spiro atoms. The zero-order valence-electron chi connectivity index (χ0n) is 11.1. The SMILES string of the molecule is CCC1(C(=O)N(C)c2ccccn2)CCCNC1. The maximum Gasteiger partial charge on any atom is 0.235 e. The van der Waals surface area contributed by atoms with Gasteiger partial charge in [-0.15, -0.1) is 0 Å². The fourth-order valence-electron chi connectivity index (χ4n) is 2.62. The van der Waals surface area contributed by atoms with Gasteiger partial charge in [-0.05, 0) is 37.9 Å². The highest BCUT2D eigenvalue weighted by molar-refractivity contribution is 5.96. The lowest BCUT2D eigenvalue weighted by atomic mass is 9.77. The Kier molecular flexibility index (Phi) is 3.97. The summed E-state index contributed by atoms with van der Waals surface area (Å²) in [7, 11) is 1.82. The summed E-state index contributed by atoms with van der Waals surface area (Å²) in [6, 6.07) is 5.64. The molecule has 4 nitrogen and oxygen atoms in total. The molecule has 1 aromatic rings. The average molecular weight is 247 g/mol. The molecule has 0 saturated carbocycles. The maximum atomic E-state index is 12.7. The molecule has 18 heavy (non-hydrogen) atoms. The van der Waals surface area contributed by atoms with E-state index in [4.69, 9.17) is 0 Å². The Bertz CT molecular complexity index is 399. The van der Waals surface area contributed by atoms with Gasteiger partial charge in [-0.2, -0.15) is 0 Å². The first-order valence-electron chi connectivity index (χ1n) is 6.59. The van der Waals surface area contributed by atoms with Gasteiger partial charge in [-0.25, -0.2) is 4.98 Å². The number of carbonyl (C=O) groups is 1. The van der Waals surface area contributed by atoms with Crippen molar-refractivity contribution >= 4 is 11.7 Å². The van der Waals surface area contributed by atoms with Gasteiger partial charge in [0.1, 0.15) is 5.82 Å². The Hall–Kier alpha value is -1.42. The van der Waals surface area contributed by atoms with Crippen LogP contribution >= 0.6 is 0 Å². The first-order valence-corrected chi connectivity index (χ1v) is 6.59. The van der Waals surface area contributed by atoms with Crippen molar-refractivity contribution in [2.24, 2.45) is 5.41 Å². The molecule has 0 bridgehead atoms. The van der Waals surface area contributed by atoms with E-state index in [-0.39, 0.29) is 11.3 Å². The van der Waals surface area contributed by atoms with Crippen LogP contribution in [0.1, 0.15) is 26.2 Å². The zero-order chi connectivity index (χ0) is 13.0. The van der Waals surface area contributed by atoms with E-state index in [0.29, 0.717) is 0 Å². The number of piperidine rings is 1. The maximum absolute atomic E-state index is 12.7. The van der Waals surface area contributed by atoms with Gasteiger partial charge in [-0.3, -0.25) is 9.69 Å². The van der Waals surface area contributed by atoms with Crippen LogP contribution < -0.4 is 10.2 Å². The van der Waals surface area contributed by atoms with Crippen molar-refractivity contribution in [2.45, 2.75) is 26.2 Å². The molecule has 2 rings (SSSR count). The van der Waals surface area contributed by atoms with Crippen LogP contribution in [0.2, 0.25) is 0 Å². The summed E-state index contributed by atoms with van der Waals surface area (Å²) in [5.74, 6) is 0.900. The van der Waals surface area contributed by atoms with Crippen LogP contribution in [0.4, 0.5) is 5.82 Å². The summed E-state index contributed by atoms with van der Waals surface area (Å²) >= 11 is 0. The first-order chi connectivity index (χ1) is 8.69. The standard InChI is InChI=1S/C14H21N3O/c1-3-14(8-6-9-15-11-14)13(18)17(2)12-7-4-5-10-16-12/h4-5,7,10,15H,3,6,8-9,11H2,1-2H3. The lowest BCUT2D eigenvalue weighted by Crippen LogP contribution is -2.51. The molecule has 4 heteroatoms. The normalized spacial score (nSPS) is 23.7. The lowest BCUT2D eigenvalue weighted by molar-refractivity contribution is -0.129. The van der Waals surface area contributed by atoms with Crippen molar-refractivity contribution in [1.82, 2.24) is 10.3 Å². The van der Waals surface area contributed by atoms with Gasteiger partial charge in [0.25, 0.3) is 0 Å². The first kappa shape index (κ1) is 13.0. The predicted octanol–water partition coefficient (Wildman–Crippen LogP) is 1.82. The lowest BCUT2D eigenvalue weighted by Gasteiger charge is -2.38. The van der Waals surface area contributed by atoms with E-state index in [2.05, 4.69) is 17.2 Å². The molecule has 2 heterocycles. The second-order valence-electron chi connectivity index (χ2n) is 4.97. The molecule has 1 aromatic heterocycles. The number of anilines is 1. The number of nitrogens with one attached hydrogen (secondary N) is 1. The predicted molar refractivity (Wildman–Crippen MR) is 72.5 cm³/mol. The van der Waals surface area contributed by atoms with E-state index < -0.39 is 0 Å². The van der Waals surface area contributed by atoms with Gasteiger partial charge in [-0.1, -0.05) is 13.0 Å². The van der Waals surface area contributed by atoms with E-state index in [9.17, 15) is 4.79 Å². The number of rotatable bonds is 3. The highest BCUT2D eigenvalue weighted by Crippen LogP contribution is 2.32. The number of amides is 1.